The van der Waals surface area contributed by atoms with Crippen LogP contribution in [-0.4, -0.2) is 69.8 Å². The van der Waals surface area contributed by atoms with E-state index in [0.29, 0.717) is 12.0 Å². The molecule has 1 aromatic carbocycles. The van der Waals surface area contributed by atoms with Gasteiger partial charge in [0, 0.05) is 18.6 Å². The number of hydrogen-bond donors (Lipinski definition) is 7. The highest BCUT2D eigenvalue weighted by Crippen LogP contribution is 2.11. The van der Waals surface area contributed by atoms with Crippen LogP contribution in [0.15, 0.2) is 30.3 Å². The predicted molar refractivity (Wildman–Crippen MR) is 132 cm³/mol. The normalized spacial score (nSPS) is 15.1. The van der Waals surface area contributed by atoms with Gasteiger partial charge in [-0.05, 0) is 17.9 Å². The fourth-order valence-electron chi connectivity index (χ4n) is 3.17. The first-order valence-corrected chi connectivity index (χ1v) is 11.9. The predicted octanol–water partition coefficient (Wildman–Crippen LogP) is -0.0639. The van der Waals surface area contributed by atoms with Crippen LogP contribution in [0.4, 0.5) is 0 Å². The fraction of sp³-hybridized carbons (Fsp3) is 0.522. The third-order valence-electron chi connectivity index (χ3n) is 5.50. The average molecular weight is 511 g/mol. The van der Waals surface area contributed by atoms with Gasteiger partial charge < -0.3 is 31.9 Å². The van der Waals surface area contributed by atoms with Crippen LogP contribution in [0.3, 0.4) is 0 Å². The molecule has 0 aliphatic carbocycles. The molecule has 0 aromatic heterocycles. The number of thiol groups is 1. The van der Waals surface area contributed by atoms with Crippen molar-refractivity contribution >= 4 is 42.3 Å². The van der Waals surface area contributed by atoms with Crippen LogP contribution in [0, 0.1) is 5.92 Å². The van der Waals surface area contributed by atoms with E-state index in [0.717, 1.165) is 0 Å². The summed E-state index contributed by atoms with van der Waals surface area (Å²) in [5.74, 6) is -4.90. The van der Waals surface area contributed by atoms with Crippen LogP contribution >= 0.6 is 12.6 Å². The van der Waals surface area contributed by atoms with E-state index < -0.39 is 60.2 Å². The Bertz CT molecular complexity index is 884. The summed E-state index contributed by atoms with van der Waals surface area (Å²) in [6.45, 7) is 3.54. The van der Waals surface area contributed by atoms with Gasteiger partial charge in [-0.2, -0.15) is 12.6 Å². The molecular formula is C23H34N4O7S. The maximum Gasteiger partial charge on any atom is 0.326 e. The Labute approximate surface area is 209 Å². The number of benzene rings is 1. The summed E-state index contributed by atoms with van der Waals surface area (Å²) in [6, 6.07) is 4.03. The number of rotatable bonds is 15. The van der Waals surface area contributed by atoms with E-state index in [2.05, 4.69) is 28.6 Å². The largest absolute Gasteiger partial charge is 0.481 e. The van der Waals surface area contributed by atoms with Crippen LogP contribution in [-0.2, 0) is 30.4 Å². The molecule has 0 heterocycles. The molecule has 0 saturated heterocycles. The molecule has 0 aliphatic rings. The van der Waals surface area contributed by atoms with E-state index in [1.165, 1.54) is 0 Å². The van der Waals surface area contributed by atoms with Gasteiger partial charge in [0.15, 0.2) is 0 Å². The minimum atomic E-state index is -1.33. The van der Waals surface area contributed by atoms with Crippen molar-refractivity contribution in [3.8, 4) is 0 Å². The van der Waals surface area contributed by atoms with E-state index >= 15 is 0 Å². The van der Waals surface area contributed by atoms with Crippen molar-refractivity contribution < 1.29 is 34.2 Å². The van der Waals surface area contributed by atoms with Gasteiger partial charge in [0.25, 0.3) is 0 Å². The molecule has 0 bridgehead atoms. The molecule has 1 rings (SSSR count). The average Bonchev–Trinajstić information content (AvgIpc) is 2.83. The zero-order valence-corrected chi connectivity index (χ0v) is 20.7. The Morgan fingerprint density at radius 1 is 0.943 bits per heavy atom. The van der Waals surface area contributed by atoms with Gasteiger partial charge in [0.1, 0.15) is 18.1 Å². The number of carboxylic acids is 2. The van der Waals surface area contributed by atoms with E-state index in [1.807, 2.05) is 6.92 Å². The lowest BCUT2D eigenvalue weighted by Gasteiger charge is -2.27. The first-order valence-electron chi connectivity index (χ1n) is 11.3. The molecule has 5 atom stereocenters. The van der Waals surface area contributed by atoms with Crippen LogP contribution < -0.4 is 21.7 Å². The Kier molecular flexibility index (Phi) is 12.8. The lowest BCUT2D eigenvalue weighted by molar-refractivity contribution is -0.143. The molecule has 0 radical (unpaired) electrons. The molecule has 3 amide bonds. The second kappa shape index (κ2) is 15.0. The van der Waals surface area contributed by atoms with Crippen LogP contribution in [0.5, 0.6) is 0 Å². The van der Waals surface area contributed by atoms with Gasteiger partial charge in [0.05, 0.1) is 6.04 Å². The van der Waals surface area contributed by atoms with Gasteiger partial charge in [-0.3, -0.25) is 19.2 Å². The summed E-state index contributed by atoms with van der Waals surface area (Å²) < 4.78 is 0. The van der Waals surface area contributed by atoms with Crippen molar-refractivity contribution in [3.63, 3.8) is 0 Å². The van der Waals surface area contributed by atoms with Gasteiger partial charge in [-0.15, -0.1) is 0 Å². The van der Waals surface area contributed by atoms with Crippen LogP contribution in [0.1, 0.15) is 38.7 Å². The summed E-state index contributed by atoms with van der Waals surface area (Å²) in [4.78, 5) is 61.1. The monoisotopic (exact) mass is 510 g/mol. The van der Waals surface area contributed by atoms with Gasteiger partial charge in [-0.1, -0.05) is 50.6 Å². The molecule has 1 aromatic rings. The highest BCUT2D eigenvalue weighted by atomic mass is 32.1. The molecule has 7 N–H and O–H groups in total. The summed E-state index contributed by atoms with van der Waals surface area (Å²) in [5.41, 5.74) is 6.35. The molecule has 0 fully saturated rings. The molecule has 0 spiro atoms. The van der Waals surface area contributed by atoms with Gasteiger partial charge >= 0.3 is 11.9 Å². The molecule has 194 valence electrons. The standard InChI is InChI=1S/C23H34N4O7S/c1-3-13(2)19(27-20(30)15(24)12-35)22(32)25-16(9-10-18(28)29)21(31)26-17(23(33)34)11-14-7-5-4-6-8-14/h4-8,13,15-17,19,35H,3,9-12,24H2,1-2H3,(H,25,32)(H,26,31)(H,27,30)(H,28,29)(H,33,34). The Hall–Kier alpha value is -3.12. The van der Waals surface area contributed by atoms with Crippen LogP contribution in [0.25, 0.3) is 0 Å². The fourth-order valence-corrected chi connectivity index (χ4v) is 3.33. The maximum absolute atomic E-state index is 13.0. The molecule has 35 heavy (non-hydrogen) atoms. The molecule has 0 saturated carbocycles. The number of carbonyl (C=O) groups excluding carboxylic acids is 3. The van der Waals surface area contributed by atoms with Gasteiger partial charge in [-0.25, -0.2) is 4.79 Å². The van der Waals surface area contributed by atoms with Crippen molar-refractivity contribution in [1.29, 1.82) is 0 Å². The zero-order valence-electron chi connectivity index (χ0n) is 19.8. The molecule has 11 nitrogen and oxygen atoms in total. The van der Waals surface area contributed by atoms with Crippen molar-refractivity contribution in [1.82, 2.24) is 16.0 Å². The first kappa shape index (κ1) is 29.9. The zero-order chi connectivity index (χ0) is 26.5. The van der Waals surface area contributed by atoms with Gasteiger partial charge in [0.2, 0.25) is 17.7 Å². The Balaban J connectivity index is 3.05. The van der Waals surface area contributed by atoms with Crippen molar-refractivity contribution in [2.75, 3.05) is 5.75 Å². The Morgan fingerprint density at radius 3 is 2.06 bits per heavy atom. The molecule has 12 heteroatoms. The highest BCUT2D eigenvalue weighted by Gasteiger charge is 2.32. The summed E-state index contributed by atoms with van der Waals surface area (Å²) in [7, 11) is 0. The molecular weight excluding hydrogens is 476 g/mol. The summed E-state index contributed by atoms with van der Waals surface area (Å²) >= 11 is 3.97. The van der Waals surface area contributed by atoms with Crippen molar-refractivity contribution in [2.24, 2.45) is 11.7 Å². The molecule has 0 aliphatic heterocycles. The SMILES string of the molecule is CCC(C)C(NC(=O)C(N)CS)C(=O)NC(CCC(=O)O)C(=O)NC(Cc1ccccc1)C(=O)O. The van der Waals surface area contributed by atoms with Crippen molar-refractivity contribution in [3.05, 3.63) is 35.9 Å². The van der Waals surface area contributed by atoms with E-state index in [1.54, 1.807) is 37.3 Å². The third-order valence-corrected chi connectivity index (χ3v) is 5.90. The second-order valence-electron chi connectivity index (χ2n) is 8.24. The van der Waals surface area contributed by atoms with E-state index in [4.69, 9.17) is 10.8 Å². The second-order valence-corrected chi connectivity index (χ2v) is 8.61. The lowest BCUT2D eigenvalue weighted by atomic mass is 9.97. The third kappa shape index (κ3) is 10.4. The van der Waals surface area contributed by atoms with E-state index in [-0.39, 0.29) is 24.5 Å². The lowest BCUT2D eigenvalue weighted by Crippen LogP contribution is -2.59. The number of carbonyl (C=O) groups is 5. The number of aliphatic carboxylic acids is 2. The minimum Gasteiger partial charge on any atom is -0.481 e. The summed E-state index contributed by atoms with van der Waals surface area (Å²) in [6.07, 6.45) is -0.213. The quantitative estimate of drug-likeness (QED) is 0.160. The number of amides is 3. The van der Waals surface area contributed by atoms with Crippen molar-refractivity contribution in [2.45, 2.75) is 63.7 Å². The number of carboxylic acid groups (broad SMARTS) is 2. The number of nitrogens with two attached hydrogens (primary N) is 1. The van der Waals surface area contributed by atoms with E-state index in [9.17, 15) is 29.1 Å². The van der Waals surface area contributed by atoms with Crippen LogP contribution in [0.2, 0.25) is 0 Å². The Morgan fingerprint density at radius 2 is 1.54 bits per heavy atom. The minimum absolute atomic E-state index is 0.00528. The first-order chi connectivity index (χ1) is 16.5. The molecule has 5 unspecified atom stereocenters. The topological polar surface area (TPSA) is 188 Å². The maximum atomic E-state index is 13.0. The smallest absolute Gasteiger partial charge is 0.326 e. The summed E-state index contributed by atoms with van der Waals surface area (Å²) in [5, 5.41) is 26.0. The highest BCUT2D eigenvalue weighted by molar-refractivity contribution is 7.80. The number of nitrogens with one attached hydrogen (secondary N) is 3. The number of hydrogen-bond acceptors (Lipinski definition) is 7.